The summed E-state index contributed by atoms with van der Waals surface area (Å²) in [5, 5.41) is 8.30. The molecule has 9 heteroatoms. The Morgan fingerprint density at radius 1 is 1.52 bits per heavy atom. The third-order valence-corrected chi connectivity index (χ3v) is 5.14. The zero-order valence-corrected chi connectivity index (χ0v) is 12.6. The van der Waals surface area contributed by atoms with Crippen molar-refractivity contribution in [1.29, 1.82) is 0 Å². The second-order valence-electron chi connectivity index (χ2n) is 5.04. The van der Waals surface area contributed by atoms with E-state index in [1.165, 1.54) is 0 Å². The molecular formula is C12H13ClFNO5S. The monoisotopic (exact) mass is 337 g/mol. The van der Waals surface area contributed by atoms with E-state index in [9.17, 15) is 17.6 Å². The van der Waals surface area contributed by atoms with Crippen LogP contribution in [-0.4, -0.2) is 38.2 Å². The standard InChI is InChI=1S/C12H13ClFNO5S/c1-12(2-3-20-6-12)15-21(18,19)7-4-8(11(16)17)10(13)9(14)5-7/h4-5,15H,2-3,6H2,1H3,(H,16,17). The van der Waals surface area contributed by atoms with E-state index in [2.05, 4.69) is 4.72 Å². The van der Waals surface area contributed by atoms with Crippen molar-refractivity contribution in [2.24, 2.45) is 0 Å². The fraction of sp³-hybridized carbons (Fsp3) is 0.417. The lowest BCUT2D eigenvalue weighted by Gasteiger charge is -2.23. The van der Waals surface area contributed by atoms with E-state index in [1.54, 1.807) is 6.92 Å². The van der Waals surface area contributed by atoms with Crippen molar-refractivity contribution in [3.63, 3.8) is 0 Å². The van der Waals surface area contributed by atoms with E-state index >= 15 is 0 Å². The number of ether oxygens (including phenoxy) is 1. The Labute approximate surface area is 125 Å². The van der Waals surface area contributed by atoms with Crippen LogP contribution >= 0.6 is 11.6 Å². The minimum atomic E-state index is -4.09. The number of carbonyl (C=O) groups is 1. The van der Waals surface area contributed by atoms with Gasteiger partial charge in [0.05, 0.1) is 27.6 Å². The molecule has 0 aromatic heterocycles. The average molecular weight is 338 g/mol. The van der Waals surface area contributed by atoms with E-state index in [0.29, 0.717) is 19.1 Å². The van der Waals surface area contributed by atoms with Gasteiger partial charge in [0.15, 0.2) is 0 Å². The van der Waals surface area contributed by atoms with Crippen molar-refractivity contribution in [3.8, 4) is 0 Å². The van der Waals surface area contributed by atoms with Gasteiger partial charge in [0.1, 0.15) is 5.82 Å². The van der Waals surface area contributed by atoms with Gasteiger partial charge in [0.25, 0.3) is 0 Å². The molecular weight excluding hydrogens is 325 g/mol. The molecule has 1 atom stereocenters. The molecule has 2 rings (SSSR count). The van der Waals surface area contributed by atoms with E-state index in [0.717, 1.165) is 6.07 Å². The van der Waals surface area contributed by atoms with Crippen LogP contribution in [-0.2, 0) is 14.8 Å². The molecule has 1 unspecified atom stereocenters. The molecule has 0 spiro atoms. The highest BCUT2D eigenvalue weighted by Crippen LogP contribution is 2.26. The molecule has 0 aliphatic carbocycles. The van der Waals surface area contributed by atoms with Crippen LogP contribution in [0.5, 0.6) is 0 Å². The van der Waals surface area contributed by atoms with Crippen LogP contribution < -0.4 is 4.72 Å². The van der Waals surface area contributed by atoms with Crippen LogP contribution in [0.25, 0.3) is 0 Å². The van der Waals surface area contributed by atoms with Crippen LogP contribution in [0, 0.1) is 5.82 Å². The van der Waals surface area contributed by atoms with Crippen LogP contribution in [0.3, 0.4) is 0 Å². The fourth-order valence-electron chi connectivity index (χ4n) is 2.01. The predicted molar refractivity (Wildman–Crippen MR) is 72.5 cm³/mol. The van der Waals surface area contributed by atoms with Crippen LogP contribution in [0.15, 0.2) is 17.0 Å². The van der Waals surface area contributed by atoms with Crippen molar-refractivity contribution in [2.45, 2.75) is 23.8 Å². The lowest BCUT2D eigenvalue weighted by molar-refractivity contribution is 0.0696. The molecule has 1 aliphatic rings. The minimum absolute atomic E-state index is 0.189. The average Bonchev–Trinajstić information content (AvgIpc) is 2.77. The Bertz CT molecular complexity index is 685. The van der Waals surface area contributed by atoms with Crippen LogP contribution in [0.2, 0.25) is 5.02 Å². The Balaban J connectivity index is 2.43. The smallest absolute Gasteiger partial charge is 0.337 e. The largest absolute Gasteiger partial charge is 0.478 e. The summed E-state index contributed by atoms with van der Waals surface area (Å²) in [5.41, 5.74) is -1.41. The first kappa shape index (κ1) is 16.2. The van der Waals surface area contributed by atoms with Crippen molar-refractivity contribution < 1.29 is 27.4 Å². The van der Waals surface area contributed by atoms with Gasteiger partial charge in [-0.25, -0.2) is 22.3 Å². The lowest BCUT2D eigenvalue weighted by atomic mass is 10.0. The number of rotatable bonds is 4. The molecule has 0 saturated carbocycles. The summed E-state index contributed by atoms with van der Waals surface area (Å²) in [6.45, 7) is 2.25. The highest BCUT2D eigenvalue weighted by molar-refractivity contribution is 7.89. The first-order valence-corrected chi connectivity index (χ1v) is 7.85. The molecule has 116 valence electrons. The first-order valence-electron chi connectivity index (χ1n) is 5.99. The maximum atomic E-state index is 13.6. The van der Waals surface area contributed by atoms with Crippen molar-refractivity contribution >= 4 is 27.6 Å². The van der Waals surface area contributed by atoms with Gasteiger partial charge in [-0.3, -0.25) is 0 Å². The molecule has 1 saturated heterocycles. The third-order valence-electron chi connectivity index (χ3n) is 3.14. The number of aromatic carboxylic acids is 1. The summed E-state index contributed by atoms with van der Waals surface area (Å²) in [5.74, 6) is -2.61. The van der Waals surface area contributed by atoms with Crippen LogP contribution in [0.1, 0.15) is 23.7 Å². The van der Waals surface area contributed by atoms with Gasteiger partial charge in [-0.15, -0.1) is 0 Å². The minimum Gasteiger partial charge on any atom is -0.478 e. The third kappa shape index (κ3) is 3.34. The Morgan fingerprint density at radius 3 is 2.71 bits per heavy atom. The van der Waals surface area contributed by atoms with E-state index in [1.807, 2.05) is 0 Å². The molecule has 6 nitrogen and oxygen atoms in total. The number of benzene rings is 1. The molecule has 0 bridgehead atoms. The fourth-order valence-corrected chi connectivity index (χ4v) is 3.65. The number of carboxylic acids is 1. The number of carboxylic acid groups (broad SMARTS) is 1. The van der Waals surface area contributed by atoms with Gasteiger partial charge in [-0.2, -0.15) is 0 Å². The van der Waals surface area contributed by atoms with E-state index in [4.69, 9.17) is 21.4 Å². The molecule has 21 heavy (non-hydrogen) atoms. The zero-order valence-electron chi connectivity index (χ0n) is 11.0. The molecule has 1 aromatic carbocycles. The maximum absolute atomic E-state index is 13.6. The summed E-state index contributed by atoms with van der Waals surface area (Å²) in [6, 6.07) is 1.52. The van der Waals surface area contributed by atoms with E-state index in [-0.39, 0.29) is 6.61 Å². The van der Waals surface area contributed by atoms with Gasteiger partial charge >= 0.3 is 5.97 Å². The van der Waals surface area contributed by atoms with Crippen molar-refractivity contribution in [1.82, 2.24) is 4.72 Å². The van der Waals surface area contributed by atoms with Gasteiger partial charge < -0.3 is 9.84 Å². The van der Waals surface area contributed by atoms with Gasteiger partial charge in [-0.05, 0) is 25.5 Å². The number of nitrogens with one attached hydrogen (secondary N) is 1. The number of hydrogen-bond acceptors (Lipinski definition) is 4. The Kier molecular flexibility index (Phi) is 4.25. The Hall–Kier alpha value is -1.22. The molecule has 1 aliphatic heterocycles. The van der Waals surface area contributed by atoms with Crippen molar-refractivity contribution in [2.75, 3.05) is 13.2 Å². The normalized spacial score (nSPS) is 22.4. The highest BCUT2D eigenvalue weighted by atomic mass is 35.5. The highest BCUT2D eigenvalue weighted by Gasteiger charge is 2.35. The summed E-state index contributed by atoms with van der Waals surface area (Å²) in [4.78, 5) is 10.5. The topological polar surface area (TPSA) is 92.7 Å². The molecule has 1 fully saturated rings. The summed E-state index contributed by atoms with van der Waals surface area (Å²) in [7, 11) is -4.09. The Morgan fingerprint density at radius 2 is 2.19 bits per heavy atom. The molecule has 1 aromatic rings. The molecule has 0 amide bonds. The van der Waals surface area contributed by atoms with Gasteiger partial charge in [0.2, 0.25) is 10.0 Å². The maximum Gasteiger partial charge on any atom is 0.337 e. The SMILES string of the molecule is CC1(NS(=O)(=O)c2cc(F)c(Cl)c(C(=O)O)c2)CCOC1. The number of sulfonamides is 1. The molecule has 0 radical (unpaired) electrons. The first-order chi connectivity index (χ1) is 9.65. The number of halogens is 2. The second kappa shape index (κ2) is 5.53. The zero-order chi connectivity index (χ0) is 15.8. The lowest BCUT2D eigenvalue weighted by Crippen LogP contribution is -2.46. The van der Waals surface area contributed by atoms with Crippen molar-refractivity contribution in [3.05, 3.63) is 28.5 Å². The van der Waals surface area contributed by atoms with Crippen LogP contribution in [0.4, 0.5) is 4.39 Å². The quantitative estimate of drug-likeness (QED) is 0.871. The number of hydrogen-bond donors (Lipinski definition) is 2. The second-order valence-corrected chi connectivity index (χ2v) is 7.10. The molecule has 1 heterocycles. The van der Waals surface area contributed by atoms with Gasteiger partial charge in [0, 0.05) is 6.61 Å². The summed E-state index contributed by atoms with van der Waals surface area (Å²) < 4.78 is 45.7. The van der Waals surface area contributed by atoms with E-state index < -0.39 is 42.8 Å². The van der Waals surface area contributed by atoms with Gasteiger partial charge in [-0.1, -0.05) is 11.6 Å². The molecule has 2 N–H and O–H groups in total. The predicted octanol–water partition coefficient (Wildman–Crippen LogP) is 1.63. The summed E-state index contributed by atoms with van der Waals surface area (Å²) >= 11 is 5.52. The summed E-state index contributed by atoms with van der Waals surface area (Å²) in [6.07, 6.45) is 0.466.